The summed E-state index contributed by atoms with van der Waals surface area (Å²) in [6.45, 7) is 5.03. The lowest BCUT2D eigenvalue weighted by Gasteiger charge is -2.47. The van der Waals surface area contributed by atoms with E-state index < -0.39 is 0 Å². The van der Waals surface area contributed by atoms with Gasteiger partial charge in [0.15, 0.2) is 11.5 Å². The minimum atomic E-state index is 0.162. The summed E-state index contributed by atoms with van der Waals surface area (Å²) >= 11 is 0. The number of fused-ring (bicyclic) bond motifs is 3. The molecule has 0 spiro atoms. The van der Waals surface area contributed by atoms with Crippen LogP contribution in [0.25, 0.3) is 0 Å². The second-order valence-corrected chi connectivity index (χ2v) is 9.02. The van der Waals surface area contributed by atoms with E-state index in [1.165, 1.54) is 16.7 Å². The maximum atomic E-state index is 9.65. The number of hydrogen-bond donors (Lipinski definition) is 1. The highest BCUT2D eigenvalue weighted by Crippen LogP contribution is 2.44. The van der Waals surface area contributed by atoms with Crippen LogP contribution in [0, 0.1) is 11.8 Å². The molecule has 0 aromatic heterocycles. The zero-order valence-corrected chi connectivity index (χ0v) is 18.9. The van der Waals surface area contributed by atoms with Crippen molar-refractivity contribution < 1.29 is 19.3 Å². The van der Waals surface area contributed by atoms with Crippen molar-refractivity contribution in [2.75, 3.05) is 33.9 Å². The van der Waals surface area contributed by atoms with Gasteiger partial charge in [-0.25, -0.2) is 0 Å². The molecule has 2 aromatic carbocycles. The second kappa shape index (κ2) is 10.0. The molecule has 0 saturated carbocycles. The van der Waals surface area contributed by atoms with Gasteiger partial charge in [0.05, 0.1) is 26.9 Å². The van der Waals surface area contributed by atoms with Gasteiger partial charge in [0.25, 0.3) is 0 Å². The van der Waals surface area contributed by atoms with Crippen LogP contribution in [0.2, 0.25) is 0 Å². The standard InChI is InChI=1S/C26H35NO4/c1-18(16-28)11-21-15-27-10-9-20-12-25(29-2)26(30-3)13-22(20)23(27)14-24(21)31-17-19-7-5-4-6-8-19/h4-8,12-13,18,21,23-24,28H,9-11,14-17H2,1-3H3/t18?,21-,23-,24+/m0/s1. The lowest BCUT2D eigenvalue weighted by atomic mass is 9.79. The van der Waals surface area contributed by atoms with Crippen molar-refractivity contribution in [2.45, 2.75) is 44.9 Å². The molecule has 1 saturated heterocycles. The molecule has 0 aliphatic carbocycles. The minimum absolute atomic E-state index is 0.162. The molecule has 5 heteroatoms. The molecule has 1 N–H and O–H groups in total. The van der Waals surface area contributed by atoms with Gasteiger partial charge in [-0.15, -0.1) is 0 Å². The van der Waals surface area contributed by atoms with Crippen LogP contribution in [-0.4, -0.2) is 50.0 Å². The lowest BCUT2D eigenvalue weighted by molar-refractivity contribution is -0.0729. The van der Waals surface area contributed by atoms with Gasteiger partial charge >= 0.3 is 0 Å². The van der Waals surface area contributed by atoms with Crippen LogP contribution in [0.1, 0.15) is 42.5 Å². The van der Waals surface area contributed by atoms with Gasteiger partial charge < -0.3 is 19.3 Å². The Bertz CT molecular complexity index is 856. The summed E-state index contributed by atoms with van der Waals surface area (Å²) in [6, 6.07) is 15.0. The quantitative estimate of drug-likeness (QED) is 0.686. The Labute approximate surface area is 185 Å². The van der Waals surface area contributed by atoms with Gasteiger partial charge in [-0.3, -0.25) is 4.90 Å². The fourth-order valence-electron chi connectivity index (χ4n) is 5.21. The van der Waals surface area contributed by atoms with Crippen molar-refractivity contribution in [1.82, 2.24) is 4.90 Å². The van der Waals surface area contributed by atoms with E-state index in [-0.39, 0.29) is 18.6 Å². The molecule has 5 nitrogen and oxygen atoms in total. The van der Waals surface area contributed by atoms with Gasteiger partial charge in [-0.05, 0) is 59.9 Å². The third-order valence-corrected chi connectivity index (χ3v) is 6.89. The zero-order chi connectivity index (χ0) is 21.8. The maximum absolute atomic E-state index is 9.65. The van der Waals surface area contributed by atoms with E-state index in [1.807, 2.05) is 6.07 Å². The number of aliphatic hydroxyl groups is 1. The van der Waals surface area contributed by atoms with Crippen LogP contribution in [0.5, 0.6) is 11.5 Å². The third-order valence-electron chi connectivity index (χ3n) is 6.89. The molecule has 2 aliphatic rings. The summed E-state index contributed by atoms with van der Waals surface area (Å²) in [6.07, 6.45) is 3.12. The molecular weight excluding hydrogens is 390 g/mol. The van der Waals surface area contributed by atoms with E-state index in [0.29, 0.717) is 18.6 Å². The predicted molar refractivity (Wildman–Crippen MR) is 122 cm³/mol. The molecule has 2 aliphatic heterocycles. The van der Waals surface area contributed by atoms with E-state index in [2.05, 4.69) is 48.2 Å². The van der Waals surface area contributed by atoms with Gasteiger partial charge in [0, 0.05) is 25.7 Å². The molecular formula is C26H35NO4. The third kappa shape index (κ3) is 4.89. The monoisotopic (exact) mass is 425 g/mol. The maximum Gasteiger partial charge on any atom is 0.161 e. The van der Waals surface area contributed by atoms with E-state index in [4.69, 9.17) is 14.2 Å². The number of methoxy groups -OCH3 is 2. The Morgan fingerprint density at radius 2 is 1.84 bits per heavy atom. The van der Waals surface area contributed by atoms with Crippen molar-refractivity contribution in [3.05, 3.63) is 59.2 Å². The van der Waals surface area contributed by atoms with Crippen molar-refractivity contribution in [3.63, 3.8) is 0 Å². The van der Waals surface area contributed by atoms with Crippen molar-refractivity contribution >= 4 is 0 Å². The first kappa shape index (κ1) is 22.1. The van der Waals surface area contributed by atoms with Crippen LogP contribution in [-0.2, 0) is 17.8 Å². The Morgan fingerprint density at radius 3 is 2.55 bits per heavy atom. The molecule has 0 bridgehead atoms. The predicted octanol–water partition coefficient (Wildman–Crippen LogP) is 4.23. The highest BCUT2D eigenvalue weighted by atomic mass is 16.5. The SMILES string of the molecule is COc1cc2c(cc1OC)[C@@H]1C[C@@H](OCc3ccccc3)[C@@H](CC(C)CO)CN1CC2. The first-order chi connectivity index (χ1) is 15.1. The van der Waals surface area contributed by atoms with Crippen LogP contribution < -0.4 is 9.47 Å². The number of piperidine rings is 1. The van der Waals surface area contributed by atoms with Crippen LogP contribution >= 0.6 is 0 Å². The van der Waals surface area contributed by atoms with Crippen molar-refractivity contribution in [3.8, 4) is 11.5 Å². The van der Waals surface area contributed by atoms with E-state index in [1.54, 1.807) is 14.2 Å². The topological polar surface area (TPSA) is 51.2 Å². The number of rotatable bonds is 8. The summed E-state index contributed by atoms with van der Waals surface area (Å²) in [7, 11) is 3.39. The number of hydrogen-bond acceptors (Lipinski definition) is 5. The Balaban J connectivity index is 1.58. The first-order valence-corrected chi connectivity index (χ1v) is 11.4. The number of benzene rings is 2. The average Bonchev–Trinajstić information content (AvgIpc) is 2.82. The van der Waals surface area contributed by atoms with Crippen LogP contribution in [0.15, 0.2) is 42.5 Å². The average molecular weight is 426 g/mol. The Hall–Kier alpha value is -2.08. The van der Waals surface area contributed by atoms with Crippen molar-refractivity contribution in [2.24, 2.45) is 11.8 Å². The van der Waals surface area contributed by atoms with E-state index >= 15 is 0 Å². The fourth-order valence-corrected chi connectivity index (χ4v) is 5.21. The van der Waals surface area contributed by atoms with E-state index in [0.717, 1.165) is 43.9 Å². The highest BCUT2D eigenvalue weighted by molar-refractivity contribution is 5.49. The highest BCUT2D eigenvalue weighted by Gasteiger charge is 2.40. The summed E-state index contributed by atoms with van der Waals surface area (Å²) in [4.78, 5) is 2.60. The molecule has 31 heavy (non-hydrogen) atoms. The molecule has 0 radical (unpaired) electrons. The molecule has 2 aromatic rings. The number of ether oxygens (including phenoxy) is 3. The summed E-state index contributed by atoms with van der Waals surface area (Å²) < 4.78 is 17.7. The summed E-state index contributed by atoms with van der Waals surface area (Å²) in [5.41, 5.74) is 3.89. The molecule has 4 atom stereocenters. The smallest absolute Gasteiger partial charge is 0.161 e. The molecule has 4 rings (SSSR count). The largest absolute Gasteiger partial charge is 0.493 e. The van der Waals surface area contributed by atoms with Crippen LogP contribution in [0.4, 0.5) is 0 Å². The fraction of sp³-hybridized carbons (Fsp3) is 0.538. The van der Waals surface area contributed by atoms with E-state index in [9.17, 15) is 5.11 Å². The Kier molecular flexibility index (Phi) is 7.16. The van der Waals surface area contributed by atoms with Gasteiger partial charge in [-0.1, -0.05) is 37.3 Å². The summed E-state index contributed by atoms with van der Waals surface area (Å²) in [5, 5.41) is 9.65. The van der Waals surface area contributed by atoms with Gasteiger partial charge in [0.1, 0.15) is 0 Å². The number of nitrogens with zero attached hydrogens (tertiary/aromatic N) is 1. The molecule has 2 heterocycles. The van der Waals surface area contributed by atoms with Gasteiger partial charge in [-0.2, -0.15) is 0 Å². The normalized spacial score (nSPS) is 24.2. The molecule has 168 valence electrons. The Morgan fingerprint density at radius 1 is 1.10 bits per heavy atom. The second-order valence-electron chi connectivity index (χ2n) is 9.02. The molecule has 1 unspecified atom stereocenters. The summed E-state index contributed by atoms with van der Waals surface area (Å²) in [5.74, 6) is 2.30. The zero-order valence-electron chi connectivity index (χ0n) is 18.9. The van der Waals surface area contributed by atoms with Crippen molar-refractivity contribution in [1.29, 1.82) is 0 Å². The van der Waals surface area contributed by atoms with Gasteiger partial charge in [0.2, 0.25) is 0 Å². The minimum Gasteiger partial charge on any atom is -0.493 e. The first-order valence-electron chi connectivity index (χ1n) is 11.4. The molecule has 1 fully saturated rings. The van der Waals surface area contributed by atoms with Crippen LogP contribution in [0.3, 0.4) is 0 Å². The molecule has 0 amide bonds. The number of aliphatic hydroxyl groups excluding tert-OH is 1. The lowest BCUT2D eigenvalue weighted by Crippen LogP contribution is -2.49.